The van der Waals surface area contributed by atoms with Gasteiger partial charge in [-0.1, -0.05) is 0 Å². The van der Waals surface area contributed by atoms with Gasteiger partial charge in [-0.2, -0.15) is 0 Å². The summed E-state index contributed by atoms with van der Waals surface area (Å²) in [6.07, 6.45) is 15.6. The van der Waals surface area contributed by atoms with Crippen molar-refractivity contribution in [3.63, 3.8) is 0 Å². The fraction of sp³-hybridized carbons (Fsp3) is 0.329. The number of aryl methyl sites for hydroxylation is 10. The number of amides is 15. The Morgan fingerprint density at radius 3 is 0.901 bits per heavy atom. The van der Waals surface area contributed by atoms with Crippen molar-refractivity contribution in [2.45, 2.75) is 45.4 Å². The largest absolute Gasteiger partial charge is 0.356 e. The van der Waals surface area contributed by atoms with Gasteiger partial charge in [-0.05, 0) is 69.9 Å². The highest BCUT2D eigenvalue weighted by Crippen LogP contribution is 2.24. The minimum Gasteiger partial charge on any atom is -0.356 e. The second kappa shape index (κ2) is 39.0. The third kappa shape index (κ3) is 23.4. The number of hydrogen-bond acceptors (Lipinski definition) is 20. The van der Waals surface area contributed by atoms with Crippen molar-refractivity contribution in [2.24, 2.45) is 70.5 Å². The van der Waals surface area contributed by atoms with Crippen molar-refractivity contribution >= 4 is 146 Å². The molecule has 0 aliphatic heterocycles. The van der Waals surface area contributed by atoms with Crippen LogP contribution in [0.2, 0.25) is 0 Å². The van der Waals surface area contributed by atoms with Crippen LogP contribution in [0.4, 0.5) is 57.4 Å². The van der Waals surface area contributed by atoms with Crippen LogP contribution in [0, 0.1) is 0 Å². The molecule has 0 radical (unpaired) electrons. The van der Waals surface area contributed by atoms with Crippen LogP contribution in [0.25, 0.3) is 0 Å². The standard InChI is InChI=1S/C76H94N30O15/c1-42(107)82-55-38-105(12)66(90-55)76(121)95-58-41-104(11)64(93-58)74(119)81-24-19-62(111)89-56-39-106(13)65(91-56)75(120)88-48-31-54(102(9)37-48)72(117)94-57-40-103(10)63(92-57)73(118)78-20-14-16-60(109)83-43-26-51(99(6)32-43)70(115)87-47-30-53(101(8)36-47)71(116)86-46-29-50(98(5)35-46)68(113)80-23-18-61(110)84-44-27-52(100(7)33-44)69(114)85-45-28-49(97(4)34-45)67(112)79-22-17-59(108)77-21-15-25-96(2)3/h26-41H,14-25H2,1-13H3,(H,77,108)(H,78,118)(H,79,112)(H,80,113)(H,81,119)(H,82,107)(H,83,109)(H,84,110)(H,85,114)(H,86,116)(H,87,115)(H,88,120)(H,89,111)(H,94,117)(H,95,121). The van der Waals surface area contributed by atoms with Gasteiger partial charge in [0.2, 0.25) is 52.8 Å². The third-order valence-electron chi connectivity index (χ3n) is 18.3. The second-order valence-electron chi connectivity index (χ2n) is 28.5. The van der Waals surface area contributed by atoms with Gasteiger partial charge in [-0.15, -0.1) is 0 Å². The topological polar surface area (TPSA) is 541 Å². The molecule has 121 heavy (non-hydrogen) atoms. The first-order valence-electron chi connectivity index (χ1n) is 37.6. The predicted molar refractivity (Wildman–Crippen MR) is 442 cm³/mol. The van der Waals surface area contributed by atoms with Gasteiger partial charge in [0.15, 0.2) is 23.3 Å². The molecule has 0 aromatic carbocycles. The van der Waals surface area contributed by atoms with Gasteiger partial charge in [0.25, 0.3) is 59.1 Å². The maximum Gasteiger partial charge on any atom is 0.292 e. The average molecular weight is 1670 g/mol. The molecule has 15 amide bonds. The predicted octanol–water partition coefficient (Wildman–Crippen LogP) is 1.98. The smallest absolute Gasteiger partial charge is 0.292 e. The van der Waals surface area contributed by atoms with Gasteiger partial charge in [0.1, 0.15) is 34.2 Å². The highest BCUT2D eigenvalue weighted by Gasteiger charge is 2.27. The van der Waals surface area contributed by atoms with Gasteiger partial charge in [-0.3, -0.25) is 71.9 Å². The zero-order valence-electron chi connectivity index (χ0n) is 68.6. The number of anilines is 10. The van der Waals surface area contributed by atoms with Gasteiger partial charge in [-0.25, -0.2) is 19.9 Å². The van der Waals surface area contributed by atoms with E-state index in [-0.39, 0.29) is 168 Å². The molecule has 0 fully saturated rings. The number of aromatic nitrogens is 14. The molecule has 0 aliphatic carbocycles. The Hall–Kier alpha value is -15.5. The quantitative estimate of drug-likeness (QED) is 0.0248. The molecule has 638 valence electrons. The zero-order valence-corrected chi connectivity index (χ0v) is 68.6. The molecular formula is C76H94N30O15. The van der Waals surface area contributed by atoms with E-state index in [0.717, 1.165) is 13.0 Å². The van der Waals surface area contributed by atoms with Crippen molar-refractivity contribution in [2.75, 3.05) is 107 Å². The van der Waals surface area contributed by atoms with Crippen LogP contribution in [-0.4, -0.2) is 212 Å². The molecule has 10 rings (SSSR count). The van der Waals surface area contributed by atoms with E-state index in [1.807, 2.05) is 19.0 Å². The van der Waals surface area contributed by atoms with Gasteiger partial charge >= 0.3 is 0 Å². The Bertz CT molecular complexity index is 5680. The third-order valence-corrected chi connectivity index (χ3v) is 18.3. The van der Waals surface area contributed by atoms with Crippen LogP contribution < -0.4 is 79.8 Å². The maximum atomic E-state index is 13.6. The first kappa shape index (κ1) is 87.9. The summed E-state index contributed by atoms with van der Waals surface area (Å²) in [7, 11) is 19.7. The Morgan fingerprint density at radius 2 is 0.529 bits per heavy atom. The number of nitrogens with zero attached hydrogens (tertiary/aromatic N) is 15. The summed E-state index contributed by atoms with van der Waals surface area (Å²) < 4.78 is 14.5. The van der Waals surface area contributed by atoms with E-state index in [4.69, 9.17) is 0 Å². The highest BCUT2D eigenvalue weighted by molar-refractivity contribution is 6.10. The zero-order chi connectivity index (χ0) is 87.8. The van der Waals surface area contributed by atoms with Crippen LogP contribution in [0.3, 0.4) is 0 Å². The second-order valence-corrected chi connectivity index (χ2v) is 28.5. The summed E-state index contributed by atoms with van der Waals surface area (Å²) in [4.78, 5) is 214. The van der Waals surface area contributed by atoms with Crippen LogP contribution in [0.15, 0.2) is 98.4 Å². The molecule has 45 heteroatoms. The molecule has 0 bridgehead atoms. The number of hydrogen-bond donors (Lipinski definition) is 15. The number of carbonyl (C=O) groups is 15. The average Bonchev–Trinajstić information content (AvgIpc) is 1.69. The molecule has 0 saturated heterocycles. The van der Waals surface area contributed by atoms with Crippen molar-refractivity contribution in [3.05, 3.63) is 156 Å². The lowest BCUT2D eigenvalue weighted by molar-refractivity contribution is -0.121. The monoisotopic (exact) mass is 1670 g/mol. The van der Waals surface area contributed by atoms with Crippen molar-refractivity contribution in [3.8, 4) is 0 Å². The lowest BCUT2D eigenvalue weighted by atomic mass is 10.3. The summed E-state index contributed by atoms with van der Waals surface area (Å²) >= 11 is 0. The van der Waals surface area contributed by atoms with Crippen LogP contribution in [0.5, 0.6) is 0 Å². The van der Waals surface area contributed by atoms with E-state index >= 15 is 0 Å². The Labute approximate surface area is 690 Å². The summed E-state index contributed by atoms with van der Waals surface area (Å²) in [6.45, 7) is 2.67. The SMILES string of the molecule is CC(=O)Nc1cn(C)c(C(=O)Nc2cn(C)c(C(=O)NCCC(=O)Nc3cn(C)c(C(=O)Nc4cc(C(=O)Nc5cn(C)c(C(=O)NCCCC(=O)Nc6cc(C(=O)Nc7cc(C(=O)Nc8cc(C(=O)NCCC(=O)Nc9cc(C(=O)Nc%10cc(C(=O)NCCC(=O)NCCCN(C)C)n(C)c%10)n(C)c9)n(C)c8)n(C)c7)n(C)c6)n5)n(C)c4)n3)n2)n1. The number of nitrogens with one attached hydrogen (secondary N) is 15. The summed E-state index contributed by atoms with van der Waals surface area (Å²) in [5.41, 5.74) is 2.77. The van der Waals surface area contributed by atoms with Crippen molar-refractivity contribution < 1.29 is 71.9 Å². The van der Waals surface area contributed by atoms with Crippen molar-refractivity contribution in [1.82, 2.24) is 97.1 Å². The minimum atomic E-state index is -0.684. The van der Waals surface area contributed by atoms with Gasteiger partial charge in [0.05, 0.1) is 34.1 Å². The molecule has 45 nitrogen and oxygen atoms in total. The van der Waals surface area contributed by atoms with Crippen LogP contribution >= 0.6 is 0 Å². The number of imidazole rings is 4. The maximum absolute atomic E-state index is 13.6. The van der Waals surface area contributed by atoms with Gasteiger partial charge < -0.3 is 130 Å². The molecule has 0 unspecified atom stereocenters. The van der Waals surface area contributed by atoms with E-state index in [9.17, 15) is 71.9 Å². The molecule has 0 atom stereocenters. The van der Waals surface area contributed by atoms with E-state index < -0.39 is 76.8 Å². The molecule has 10 aromatic heterocycles. The molecule has 10 aromatic rings. The van der Waals surface area contributed by atoms with E-state index in [1.54, 1.807) is 73.3 Å². The molecule has 10 heterocycles. The van der Waals surface area contributed by atoms with Gasteiger partial charge in [0, 0.05) is 198 Å². The Balaban J connectivity index is 0.598. The first-order valence-corrected chi connectivity index (χ1v) is 37.6. The van der Waals surface area contributed by atoms with Crippen LogP contribution in [0.1, 0.15) is 151 Å². The van der Waals surface area contributed by atoms with Crippen LogP contribution in [-0.2, 0) is 94.4 Å². The summed E-state index contributed by atoms with van der Waals surface area (Å²) in [6, 6.07) is 8.76. The fourth-order valence-electron chi connectivity index (χ4n) is 12.4. The minimum absolute atomic E-state index is 0.0251. The molecule has 0 saturated carbocycles. The lowest BCUT2D eigenvalue weighted by Crippen LogP contribution is -2.32. The van der Waals surface area contributed by atoms with E-state index in [1.165, 1.54) is 148 Å². The number of rotatable bonds is 37. The Kier molecular flexibility index (Phi) is 28.3. The summed E-state index contributed by atoms with van der Waals surface area (Å²) in [5, 5.41) is 40.3. The molecule has 0 spiro atoms. The summed E-state index contributed by atoms with van der Waals surface area (Å²) in [5.74, 6) is -7.73. The van der Waals surface area contributed by atoms with E-state index in [2.05, 4.69) is 99.7 Å². The van der Waals surface area contributed by atoms with Crippen molar-refractivity contribution in [1.29, 1.82) is 0 Å². The molecular weight excluding hydrogens is 1570 g/mol. The molecule has 0 aliphatic rings. The highest BCUT2D eigenvalue weighted by atomic mass is 16.2. The Morgan fingerprint density at radius 1 is 0.264 bits per heavy atom. The fourth-order valence-corrected chi connectivity index (χ4v) is 12.4. The van der Waals surface area contributed by atoms with E-state index in [0.29, 0.717) is 23.6 Å². The number of carbonyl (C=O) groups excluding carboxylic acids is 15. The normalized spacial score (nSPS) is 11.0. The lowest BCUT2D eigenvalue weighted by Gasteiger charge is -2.10. The first-order chi connectivity index (χ1) is 57.4. The molecule has 15 N–H and O–H groups in total.